The summed E-state index contributed by atoms with van der Waals surface area (Å²) in [5, 5.41) is 30.7. The van der Waals surface area contributed by atoms with Crippen LogP contribution in [-0.4, -0.2) is 71.6 Å². The van der Waals surface area contributed by atoms with Crippen molar-refractivity contribution in [3.8, 4) is 0 Å². The first-order chi connectivity index (χ1) is 15.7. The molecular formula is C25H43N5O3. The zero-order chi connectivity index (χ0) is 23.8. The van der Waals surface area contributed by atoms with E-state index in [9.17, 15) is 10.2 Å². The topological polar surface area (TPSA) is 115 Å². The number of hydrogen-bond acceptors (Lipinski definition) is 8. The van der Waals surface area contributed by atoms with Crippen LogP contribution in [0.4, 0.5) is 11.4 Å². The molecule has 33 heavy (non-hydrogen) atoms. The molecule has 0 radical (unpaired) electrons. The average Bonchev–Trinajstić information content (AvgIpc) is 3.26. The summed E-state index contributed by atoms with van der Waals surface area (Å²) < 4.78 is 5.83. The van der Waals surface area contributed by atoms with E-state index in [-0.39, 0.29) is 12.1 Å². The normalized spacial score (nSPS) is 33.5. The standard InChI is InChI=1S/C25H43N5O3/c1-5-30(13-20-22(31)23(32)24(33-20)27-14-26)17-10-15(11-17)6-9-21-28-18-8-7-16(25(2,3)4)12-19(18)29-21/h7-8,12,15,17,20-24,27-29,31-32H,5-6,9-11,13-14,26H2,1-4H3/t15-,17-,20-,21?,22-,23-,24-/m1/s1. The number of ether oxygens (including phenoxy) is 1. The molecule has 1 saturated carbocycles. The number of aliphatic hydroxyl groups is 2. The van der Waals surface area contributed by atoms with Gasteiger partial charge < -0.3 is 31.3 Å². The number of rotatable bonds is 9. The minimum atomic E-state index is -0.943. The van der Waals surface area contributed by atoms with Crippen LogP contribution in [0.15, 0.2) is 18.2 Å². The van der Waals surface area contributed by atoms with E-state index in [1.54, 1.807) is 0 Å². The van der Waals surface area contributed by atoms with Crippen molar-refractivity contribution < 1.29 is 14.9 Å². The molecule has 2 aliphatic heterocycles. The van der Waals surface area contributed by atoms with Gasteiger partial charge in [0.25, 0.3) is 0 Å². The highest BCUT2D eigenvalue weighted by molar-refractivity contribution is 5.75. The molecule has 0 spiro atoms. The molecule has 2 fully saturated rings. The molecule has 0 bridgehead atoms. The van der Waals surface area contributed by atoms with Gasteiger partial charge in [0.15, 0.2) is 0 Å². The minimum Gasteiger partial charge on any atom is -0.387 e. The lowest BCUT2D eigenvalue weighted by atomic mass is 9.76. The van der Waals surface area contributed by atoms with Crippen molar-refractivity contribution in [3.05, 3.63) is 23.8 Å². The molecule has 5 atom stereocenters. The maximum Gasteiger partial charge on any atom is 0.138 e. The summed E-state index contributed by atoms with van der Waals surface area (Å²) in [5.41, 5.74) is 9.43. The molecule has 0 aromatic heterocycles. The highest BCUT2D eigenvalue weighted by Crippen LogP contribution is 2.39. The lowest BCUT2D eigenvalue weighted by Gasteiger charge is -2.44. The van der Waals surface area contributed by atoms with Gasteiger partial charge >= 0.3 is 0 Å². The highest BCUT2D eigenvalue weighted by atomic mass is 16.6. The van der Waals surface area contributed by atoms with Crippen LogP contribution >= 0.6 is 0 Å². The fraction of sp³-hybridized carbons (Fsp3) is 0.760. The molecule has 8 nitrogen and oxygen atoms in total. The van der Waals surface area contributed by atoms with Gasteiger partial charge in [-0.15, -0.1) is 0 Å². The zero-order valence-corrected chi connectivity index (χ0v) is 20.6. The largest absolute Gasteiger partial charge is 0.387 e. The van der Waals surface area contributed by atoms with Crippen LogP contribution in [-0.2, 0) is 10.2 Å². The molecule has 1 aliphatic carbocycles. The van der Waals surface area contributed by atoms with Crippen LogP contribution in [0.5, 0.6) is 0 Å². The lowest BCUT2D eigenvalue weighted by Crippen LogP contribution is -2.49. The van der Waals surface area contributed by atoms with Crippen LogP contribution in [0.1, 0.15) is 58.9 Å². The Morgan fingerprint density at radius 3 is 2.52 bits per heavy atom. The third-order valence-electron chi connectivity index (χ3n) is 7.64. The molecule has 0 amide bonds. The predicted molar refractivity (Wildman–Crippen MR) is 132 cm³/mol. The third kappa shape index (κ3) is 5.47. The molecule has 1 saturated heterocycles. The summed E-state index contributed by atoms with van der Waals surface area (Å²) in [6, 6.07) is 7.23. The molecule has 1 aromatic rings. The summed E-state index contributed by atoms with van der Waals surface area (Å²) in [4.78, 5) is 2.39. The molecule has 1 aromatic carbocycles. The van der Waals surface area contributed by atoms with Crippen molar-refractivity contribution in [2.45, 2.75) is 95.5 Å². The SMILES string of the molecule is CCN(C[C@H]1O[C@@H](NCN)[C@H](O)[C@@H]1O)[C@H]1C[C@H](CCC2Nc3ccc(C(C)(C)C)cc3N2)C1. The minimum absolute atomic E-state index is 0.153. The first-order valence-electron chi connectivity index (χ1n) is 12.6. The summed E-state index contributed by atoms with van der Waals surface area (Å²) >= 11 is 0. The molecule has 8 heteroatoms. The first-order valence-corrected chi connectivity index (χ1v) is 12.6. The van der Waals surface area contributed by atoms with E-state index in [1.807, 2.05) is 0 Å². The summed E-state index contributed by atoms with van der Waals surface area (Å²) in [6.45, 7) is 10.6. The summed E-state index contributed by atoms with van der Waals surface area (Å²) in [6.07, 6.45) is 2.13. The van der Waals surface area contributed by atoms with E-state index in [0.717, 1.165) is 18.9 Å². The molecule has 186 valence electrons. The molecule has 1 unspecified atom stereocenters. The van der Waals surface area contributed by atoms with Crippen LogP contribution in [0.3, 0.4) is 0 Å². The lowest BCUT2D eigenvalue weighted by molar-refractivity contribution is -0.0400. The van der Waals surface area contributed by atoms with Crippen LogP contribution in [0, 0.1) is 5.92 Å². The van der Waals surface area contributed by atoms with Gasteiger partial charge in [0, 0.05) is 19.3 Å². The summed E-state index contributed by atoms with van der Waals surface area (Å²) in [7, 11) is 0. The number of anilines is 2. The number of benzene rings is 1. The quantitative estimate of drug-likeness (QED) is 0.309. The van der Waals surface area contributed by atoms with E-state index >= 15 is 0 Å². The van der Waals surface area contributed by atoms with Crippen LogP contribution < -0.4 is 21.7 Å². The van der Waals surface area contributed by atoms with Crippen molar-refractivity contribution in [3.63, 3.8) is 0 Å². The monoisotopic (exact) mass is 461 g/mol. The van der Waals surface area contributed by atoms with Gasteiger partial charge in [-0.25, -0.2) is 0 Å². The van der Waals surface area contributed by atoms with Gasteiger partial charge in [0.2, 0.25) is 0 Å². The Balaban J connectivity index is 1.20. The number of nitrogens with one attached hydrogen (secondary N) is 3. The van der Waals surface area contributed by atoms with Gasteiger partial charge in [-0.1, -0.05) is 33.8 Å². The number of likely N-dealkylation sites (N-methyl/N-ethyl adjacent to an activating group) is 1. The molecule has 7 N–H and O–H groups in total. The van der Waals surface area contributed by atoms with E-state index in [0.29, 0.717) is 18.8 Å². The Morgan fingerprint density at radius 1 is 1.12 bits per heavy atom. The fourth-order valence-electron chi connectivity index (χ4n) is 5.40. The second-order valence-electron chi connectivity index (χ2n) is 11.0. The maximum absolute atomic E-state index is 10.4. The van der Waals surface area contributed by atoms with Gasteiger partial charge in [-0.3, -0.25) is 10.2 Å². The number of nitrogens with zero attached hydrogens (tertiary/aromatic N) is 1. The second kappa shape index (κ2) is 10.1. The Labute approximate surface area is 198 Å². The maximum atomic E-state index is 10.4. The second-order valence-corrected chi connectivity index (χ2v) is 11.0. The van der Waals surface area contributed by atoms with Crippen molar-refractivity contribution >= 4 is 11.4 Å². The average molecular weight is 462 g/mol. The molecule has 3 aliphatic rings. The molecule has 2 heterocycles. The van der Waals surface area contributed by atoms with E-state index in [2.05, 4.69) is 66.7 Å². The number of fused-ring (bicyclic) bond motifs is 1. The Bertz CT molecular complexity index is 795. The number of aliphatic hydroxyl groups excluding tert-OH is 2. The Morgan fingerprint density at radius 2 is 1.85 bits per heavy atom. The summed E-state index contributed by atoms with van der Waals surface area (Å²) in [5.74, 6) is 0.730. The van der Waals surface area contributed by atoms with E-state index in [4.69, 9.17) is 10.5 Å². The fourth-order valence-corrected chi connectivity index (χ4v) is 5.40. The van der Waals surface area contributed by atoms with Crippen LogP contribution in [0.2, 0.25) is 0 Å². The number of nitrogens with two attached hydrogens (primary N) is 1. The Hall–Kier alpha value is -1.42. The zero-order valence-electron chi connectivity index (χ0n) is 20.6. The van der Waals surface area contributed by atoms with Crippen LogP contribution in [0.25, 0.3) is 0 Å². The van der Waals surface area contributed by atoms with E-state index in [1.165, 1.54) is 36.2 Å². The van der Waals surface area contributed by atoms with Gasteiger partial charge in [0.1, 0.15) is 24.5 Å². The number of hydrogen-bond donors (Lipinski definition) is 6. The van der Waals surface area contributed by atoms with Crippen molar-refractivity contribution in [2.75, 3.05) is 30.4 Å². The first kappa shape index (κ1) is 24.7. The van der Waals surface area contributed by atoms with E-state index < -0.39 is 24.5 Å². The van der Waals surface area contributed by atoms with Gasteiger partial charge in [-0.05, 0) is 61.3 Å². The predicted octanol–water partition coefficient (Wildman–Crippen LogP) is 1.98. The molecular weight excluding hydrogens is 418 g/mol. The van der Waals surface area contributed by atoms with Crippen molar-refractivity contribution in [1.82, 2.24) is 10.2 Å². The molecule has 4 rings (SSSR count). The highest BCUT2D eigenvalue weighted by Gasteiger charge is 2.44. The Kier molecular flexibility index (Phi) is 7.53. The van der Waals surface area contributed by atoms with Crippen molar-refractivity contribution in [2.24, 2.45) is 11.7 Å². The van der Waals surface area contributed by atoms with Gasteiger partial charge in [0.05, 0.1) is 17.5 Å². The third-order valence-corrected chi connectivity index (χ3v) is 7.64. The smallest absolute Gasteiger partial charge is 0.138 e. The van der Waals surface area contributed by atoms with Crippen molar-refractivity contribution in [1.29, 1.82) is 0 Å². The van der Waals surface area contributed by atoms with Gasteiger partial charge in [-0.2, -0.15) is 0 Å².